The number of nitrogens with one attached hydrogen (secondary N) is 2. The Kier molecular flexibility index (Phi) is 15.1. The molecular formula is C33H41BrN3O6PS2. The Labute approximate surface area is 286 Å². The normalized spacial score (nSPS) is 13.3. The first kappa shape index (κ1) is 37.6. The molecule has 0 bridgehead atoms. The van der Waals surface area contributed by atoms with E-state index < -0.39 is 41.1 Å². The summed E-state index contributed by atoms with van der Waals surface area (Å²) in [5.41, 5.74) is 5.75. The van der Waals surface area contributed by atoms with Gasteiger partial charge in [-0.3, -0.25) is 4.79 Å². The minimum Gasteiger partial charge on any atom is -0.468 e. The number of ether oxygens (including phenoxy) is 2. The smallest absolute Gasteiger partial charge is 0.468 e. The zero-order valence-electron chi connectivity index (χ0n) is 25.9. The molecule has 0 aromatic heterocycles. The van der Waals surface area contributed by atoms with Crippen molar-refractivity contribution in [3.05, 3.63) is 91.0 Å². The van der Waals surface area contributed by atoms with Crippen LogP contribution in [-0.4, -0.2) is 74.3 Å². The van der Waals surface area contributed by atoms with Crippen molar-refractivity contribution in [2.75, 3.05) is 38.4 Å². The van der Waals surface area contributed by atoms with Crippen LogP contribution in [0.1, 0.15) is 19.3 Å². The SMILES string of the molecule is COC(=O)CNC(=O)[C@H](CSSCCCP(Br)(c1ccccc1)(c1ccccc1)c1ccccc1)NC(=O)CC[C@H](N)C(=O)OC. The molecule has 4 N–H and O–H groups in total. The minimum absolute atomic E-state index is 0.0638. The van der Waals surface area contributed by atoms with E-state index in [0.29, 0.717) is 0 Å². The number of hydrogen-bond donors (Lipinski definition) is 3. The Morgan fingerprint density at radius 1 is 0.826 bits per heavy atom. The quantitative estimate of drug-likeness (QED) is 0.0771. The number of carbonyl (C=O) groups excluding carboxylic acids is 4. The molecule has 2 amide bonds. The summed E-state index contributed by atoms with van der Waals surface area (Å²) in [6, 6.07) is 29.9. The molecule has 2 atom stereocenters. The van der Waals surface area contributed by atoms with E-state index >= 15 is 0 Å². The molecular weight excluding hydrogens is 709 g/mol. The van der Waals surface area contributed by atoms with Gasteiger partial charge in [0.25, 0.3) is 0 Å². The summed E-state index contributed by atoms with van der Waals surface area (Å²) in [7, 11) is 5.54. The molecule has 0 heterocycles. The van der Waals surface area contributed by atoms with Gasteiger partial charge in [-0.25, -0.2) is 0 Å². The second kappa shape index (κ2) is 18.4. The third kappa shape index (κ3) is 9.81. The van der Waals surface area contributed by atoms with Crippen LogP contribution >= 0.6 is 42.4 Å². The number of halogens is 1. The summed E-state index contributed by atoms with van der Waals surface area (Å²) in [6.07, 6.45) is 1.75. The minimum atomic E-state index is -3.04. The molecule has 3 aromatic carbocycles. The fourth-order valence-corrected chi connectivity index (χ4v) is 15.2. The fraction of sp³-hybridized carbons (Fsp3) is 0.333. The maximum atomic E-state index is 12.9. The predicted octanol–water partition coefficient (Wildman–Crippen LogP) is 3.65. The van der Waals surface area contributed by atoms with Crippen LogP contribution in [0, 0.1) is 0 Å². The van der Waals surface area contributed by atoms with Gasteiger partial charge in [0.05, 0.1) is 14.2 Å². The molecule has 0 aliphatic heterocycles. The zero-order chi connectivity index (χ0) is 33.4. The predicted molar refractivity (Wildman–Crippen MR) is 195 cm³/mol. The first-order chi connectivity index (χ1) is 22.1. The molecule has 3 rings (SSSR count). The van der Waals surface area contributed by atoms with Crippen LogP contribution in [0.25, 0.3) is 0 Å². The molecule has 0 fully saturated rings. The van der Waals surface area contributed by atoms with E-state index in [9.17, 15) is 19.2 Å². The van der Waals surface area contributed by atoms with E-state index in [0.717, 1.165) is 18.3 Å². The zero-order valence-corrected chi connectivity index (χ0v) is 30.0. The van der Waals surface area contributed by atoms with Crippen LogP contribution in [0.15, 0.2) is 91.0 Å². The maximum absolute atomic E-state index is 12.9. The van der Waals surface area contributed by atoms with E-state index in [1.165, 1.54) is 40.9 Å². The number of carbonyl (C=O) groups is 4. The van der Waals surface area contributed by atoms with Gasteiger partial charge in [0.1, 0.15) is 0 Å². The summed E-state index contributed by atoms with van der Waals surface area (Å²) in [6.45, 7) is -0.316. The van der Waals surface area contributed by atoms with Crippen molar-refractivity contribution in [2.45, 2.75) is 31.3 Å². The van der Waals surface area contributed by atoms with Gasteiger partial charge in [-0.05, 0) is 0 Å². The van der Waals surface area contributed by atoms with Crippen molar-refractivity contribution < 1.29 is 28.7 Å². The molecule has 248 valence electrons. The van der Waals surface area contributed by atoms with Crippen molar-refractivity contribution in [1.29, 1.82) is 0 Å². The first-order valence-electron chi connectivity index (χ1n) is 14.7. The van der Waals surface area contributed by atoms with Gasteiger partial charge in [0, 0.05) is 0 Å². The Morgan fingerprint density at radius 3 is 1.83 bits per heavy atom. The van der Waals surface area contributed by atoms with Gasteiger partial charge in [0.2, 0.25) is 0 Å². The van der Waals surface area contributed by atoms with E-state index in [1.807, 2.05) is 18.2 Å². The monoisotopic (exact) mass is 749 g/mol. The Bertz CT molecular complexity index is 1340. The van der Waals surface area contributed by atoms with Crippen LogP contribution in [0.4, 0.5) is 0 Å². The summed E-state index contributed by atoms with van der Waals surface area (Å²) in [5.74, 6) is -1.11. The molecule has 13 heteroatoms. The van der Waals surface area contributed by atoms with Crippen molar-refractivity contribution in [2.24, 2.45) is 5.73 Å². The molecule has 0 spiro atoms. The number of methoxy groups -OCH3 is 2. The number of hydrogen-bond acceptors (Lipinski definition) is 9. The van der Waals surface area contributed by atoms with Crippen LogP contribution in [0.3, 0.4) is 0 Å². The molecule has 3 aromatic rings. The molecule has 0 radical (unpaired) electrons. The average Bonchev–Trinajstić information content (AvgIpc) is 3.10. The standard InChI is InChI=1S/C33H41BrN3O6PS2/c1-42-31(39)23-36-32(40)29(37-30(38)20-19-28(35)33(41)43-2)24-46-45-22-12-21-44(34,25-13-6-3-7-14-25,26-15-8-4-9-16-26)27-17-10-5-11-18-27/h3-11,13-18,28-29H,12,19-24,35H2,1-2H3,(H,36,40)(H,37,38)/t28-,29-/m0/s1. The molecule has 0 saturated carbocycles. The number of rotatable bonds is 18. The van der Waals surface area contributed by atoms with Gasteiger partial charge >= 0.3 is 258 Å². The van der Waals surface area contributed by atoms with Crippen LogP contribution in [-0.2, 0) is 28.7 Å². The third-order valence-electron chi connectivity index (χ3n) is 7.48. The van der Waals surface area contributed by atoms with Gasteiger partial charge in [-0.1, -0.05) is 0 Å². The number of esters is 2. The number of nitrogens with two attached hydrogens (primary N) is 1. The molecule has 0 aliphatic rings. The van der Waals surface area contributed by atoms with Gasteiger partial charge in [0.15, 0.2) is 0 Å². The summed E-state index contributed by atoms with van der Waals surface area (Å²) >= 11 is 4.47. The van der Waals surface area contributed by atoms with E-state index in [4.69, 9.17) is 5.73 Å². The van der Waals surface area contributed by atoms with Crippen molar-refractivity contribution >= 4 is 82.0 Å². The van der Waals surface area contributed by atoms with Crippen LogP contribution < -0.4 is 32.3 Å². The van der Waals surface area contributed by atoms with Gasteiger partial charge in [-0.2, -0.15) is 0 Å². The number of amides is 2. The fourth-order valence-electron chi connectivity index (χ4n) is 5.01. The van der Waals surface area contributed by atoms with E-state index in [-0.39, 0.29) is 25.1 Å². The molecule has 46 heavy (non-hydrogen) atoms. The van der Waals surface area contributed by atoms with Gasteiger partial charge < -0.3 is 10.5 Å². The van der Waals surface area contributed by atoms with Crippen molar-refractivity contribution in [1.82, 2.24) is 10.6 Å². The van der Waals surface area contributed by atoms with Crippen LogP contribution in [0.2, 0.25) is 0 Å². The Hall–Kier alpha value is -2.89. The van der Waals surface area contributed by atoms with Crippen molar-refractivity contribution in [3.8, 4) is 0 Å². The summed E-state index contributed by atoms with van der Waals surface area (Å²) in [4.78, 5) is 48.7. The summed E-state index contributed by atoms with van der Waals surface area (Å²) in [5, 5.41) is 5.94. The van der Waals surface area contributed by atoms with Gasteiger partial charge in [-0.15, -0.1) is 0 Å². The first-order valence-corrected chi connectivity index (χ1v) is 21.7. The Balaban J connectivity index is 1.70. The molecule has 0 saturated heterocycles. The molecule has 0 unspecified atom stereocenters. The Morgan fingerprint density at radius 2 is 1.35 bits per heavy atom. The number of benzene rings is 3. The second-order valence-electron chi connectivity index (χ2n) is 10.5. The van der Waals surface area contributed by atoms with Crippen LogP contribution in [0.5, 0.6) is 0 Å². The topological polar surface area (TPSA) is 137 Å². The summed E-state index contributed by atoms with van der Waals surface area (Å²) < 4.78 is 9.21. The molecule has 9 nitrogen and oxygen atoms in total. The second-order valence-corrected chi connectivity index (χ2v) is 22.1. The van der Waals surface area contributed by atoms with E-state index in [2.05, 4.69) is 108 Å². The molecule has 0 aliphatic carbocycles. The van der Waals surface area contributed by atoms with E-state index in [1.54, 1.807) is 10.8 Å². The van der Waals surface area contributed by atoms with Crippen molar-refractivity contribution in [3.63, 3.8) is 0 Å². The third-order valence-corrected chi connectivity index (χ3v) is 20.0. The average molecular weight is 751 g/mol.